The highest BCUT2D eigenvalue weighted by Gasteiger charge is 2.42. The molecule has 4 nitrogen and oxygen atoms in total. The van der Waals surface area contributed by atoms with E-state index in [-0.39, 0.29) is 6.10 Å². The Balaban J connectivity index is 1.39. The van der Waals surface area contributed by atoms with Crippen molar-refractivity contribution in [1.29, 1.82) is 0 Å². The molecule has 1 aromatic heterocycles. The molecule has 0 amide bonds. The molecular formula is C21H21Cl2NO3. The Morgan fingerprint density at radius 2 is 1.78 bits per heavy atom. The summed E-state index contributed by atoms with van der Waals surface area (Å²) in [6.07, 6.45) is 5.84. The summed E-state index contributed by atoms with van der Waals surface area (Å²) >= 11 is 12.8. The number of rotatable bonds is 5. The van der Waals surface area contributed by atoms with Crippen molar-refractivity contribution in [3.8, 4) is 11.3 Å². The summed E-state index contributed by atoms with van der Waals surface area (Å²) in [6.45, 7) is 0.449. The molecule has 1 heterocycles. The minimum atomic E-state index is 0.199. The van der Waals surface area contributed by atoms with Crippen LogP contribution in [0.15, 0.2) is 22.7 Å². The third-order valence-corrected chi connectivity index (χ3v) is 6.84. The van der Waals surface area contributed by atoms with Crippen LogP contribution in [0.2, 0.25) is 10.0 Å². The molecule has 3 aliphatic rings. The van der Waals surface area contributed by atoms with Gasteiger partial charge in [0.15, 0.2) is 0 Å². The molecule has 0 radical (unpaired) electrons. The Hall–Kier alpha value is -1.36. The van der Waals surface area contributed by atoms with Crippen LogP contribution in [0.3, 0.4) is 0 Å². The molecule has 5 rings (SSSR count). The molecule has 142 valence electrons. The highest BCUT2D eigenvalue weighted by Crippen LogP contribution is 2.47. The Morgan fingerprint density at radius 1 is 1.11 bits per heavy atom. The second-order valence-corrected chi connectivity index (χ2v) is 8.93. The predicted octanol–water partition coefficient (Wildman–Crippen LogP) is 5.80. The first-order valence-corrected chi connectivity index (χ1v) is 10.4. The van der Waals surface area contributed by atoms with E-state index in [1.165, 1.54) is 0 Å². The standard InChI is InChI=1S/C21H21Cl2NO3/c22-17-2-1-3-18(23)19(17)20-16(21(27-24-20)11-4-5-11)10-26-15-8-12-6-14(25)7-13(12)9-15/h1-3,11-13,15H,4-10H2/t12-,13?,15?/m0/s1. The molecule has 3 fully saturated rings. The lowest BCUT2D eigenvalue weighted by Gasteiger charge is -2.14. The molecule has 2 unspecified atom stereocenters. The summed E-state index contributed by atoms with van der Waals surface area (Å²) in [7, 11) is 0. The maximum atomic E-state index is 11.6. The average molecular weight is 406 g/mol. The van der Waals surface area contributed by atoms with E-state index in [4.69, 9.17) is 32.5 Å². The summed E-state index contributed by atoms with van der Waals surface area (Å²) in [5.41, 5.74) is 2.38. The lowest BCUT2D eigenvalue weighted by molar-refractivity contribution is -0.118. The van der Waals surface area contributed by atoms with Gasteiger partial charge in [0.2, 0.25) is 0 Å². The van der Waals surface area contributed by atoms with Crippen molar-refractivity contribution in [2.45, 2.75) is 57.2 Å². The molecule has 0 bridgehead atoms. The summed E-state index contributed by atoms with van der Waals surface area (Å²) in [4.78, 5) is 11.6. The summed E-state index contributed by atoms with van der Waals surface area (Å²) in [5.74, 6) is 2.76. The monoisotopic (exact) mass is 405 g/mol. The van der Waals surface area contributed by atoms with Gasteiger partial charge >= 0.3 is 0 Å². The van der Waals surface area contributed by atoms with E-state index in [1.54, 1.807) is 0 Å². The zero-order chi connectivity index (χ0) is 18.5. The SMILES string of the molecule is O=C1CC2CC(OCc3c(-c4c(Cl)cccc4Cl)noc3C3CC3)C[C@@H]2C1. The van der Waals surface area contributed by atoms with Gasteiger partial charge in [0.05, 0.1) is 22.8 Å². The molecule has 3 aliphatic carbocycles. The van der Waals surface area contributed by atoms with Crippen LogP contribution in [0.25, 0.3) is 11.3 Å². The number of halogens is 2. The molecule has 0 aliphatic heterocycles. The number of fused-ring (bicyclic) bond motifs is 1. The zero-order valence-corrected chi connectivity index (χ0v) is 16.4. The molecule has 0 N–H and O–H groups in total. The van der Waals surface area contributed by atoms with E-state index in [0.29, 0.717) is 51.4 Å². The average Bonchev–Trinajstić information content (AvgIpc) is 3.14. The molecule has 1 aromatic carbocycles. The topological polar surface area (TPSA) is 52.3 Å². The number of ether oxygens (including phenoxy) is 1. The van der Waals surface area contributed by atoms with Crippen molar-refractivity contribution in [1.82, 2.24) is 5.16 Å². The highest BCUT2D eigenvalue weighted by atomic mass is 35.5. The Bertz CT molecular complexity index is 853. The van der Waals surface area contributed by atoms with Crippen LogP contribution in [-0.4, -0.2) is 17.0 Å². The van der Waals surface area contributed by atoms with Gasteiger partial charge in [-0.05, 0) is 49.7 Å². The van der Waals surface area contributed by atoms with Gasteiger partial charge in [-0.3, -0.25) is 4.79 Å². The van der Waals surface area contributed by atoms with E-state index in [1.807, 2.05) is 18.2 Å². The third kappa shape index (κ3) is 3.32. The number of nitrogens with zero attached hydrogens (tertiary/aromatic N) is 1. The zero-order valence-electron chi connectivity index (χ0n) is 14.9. The van der Waals surface area contributed by atoms with Crippen molar-refractivity contribution in [2.75, 3.05) is 0 Å². The smallest absolute Gasteiger partial charge is 0.145 e. The van der Waals surface area contributed by atoms with Crippen LogP contribution in [0.5, 0.6) is 0 Å². The van der Waals surface area contributed by atoms with Crippen LogP contribution >= 0.6 is 23.2 Å². The van der Waals surface area contributed by atoms with Gasteiger partial charge in [0.25, 0.3) is 0 Å². The van der Waals surface area contributed by atoms with Crippen molar-refractivity contribution in [3.05, 3.63) is 39.6 Å². The van der Waals surface area contributed by atoms with Crippen LogP contribution in [-0.2, 0) is 16.1 Å². The van der Waals surface area contributed by atoms with E-state index in [9.17, 15) is 4.79 Å². The third-order valence-electron chi connectivity index (χ3n) is 6.21. The second kappa shape index (κ2) is 6.91. The van der Waals surface area contributed by atoms with Crippen molar-refractivity contribution >= 4 is 29.0 Å². The van der Waals surface area contributed by atoms with E-state index < -0.39 is 0 Å². The predicted molar refractivity (Wildman–Crippen MR) is 103 cm³/mol. The van der Waals surface area contributed by atoms with Gasteiger partial charge in [-0.15, -0.1) is 0 Å². The first-order chi connectivity index (χ1) is 13.1. The van der Waals surface area contributed by atoms with Gasteiger partial charge in [0.1, 0.15) is 17.2 Å². The quantitative estimate of drug-likeness (QED) is 0.630. The van der Waals surface area contributed by atoms with Crippen LogP contribution < -0.4 is 0 Å². The Morgan fingerprint density at radius 3 is 2.41 bits per heavy atom. The molecular weight excluding hydrogens is 385 g/mol. The van der Waals surface area contributed by atoms with E-state index >= 15 is 0 Å². The molecule has 27 heavy (non-hydrogen) atoms. The van der Waals surface area contributed by atoms with Crippen LogP contribution in [0.1, 0.15) is 55.8 Å². The van der Waals surface area contributed by atoms with Gasteiger partial charge in [-0.2, -0.15) is 0 Å². The summed E-state index contributed by atoms with van der Waals surface area (Å²) < 4.78 is 12.0. The molecule has 3 atom stereocenters. The largest absolute Gasteiger partial charge is 0.373 e. The fourth-order valence-corrected chi connectivity index (χ4v) is 5.29. The summed E-state index contributed by atoms with van der Waals surface area (Å²) in [6, 6.07) is 5.45. The fourth-order valence-electron chi connectivity index (χ4n) is 4.71. The molecule has 2 aromatic rings. The Labute approximate surface area is 168 Å². The number of carbonyl (C=O) groups excluding carboxylic acids is 1. The van der Waals surface area contributed by atoms with Gasteiger partial charge in [-0.1, -0.05) is 34.4 Å². The maximum Gasteiger partial charge on any atom is 0.145 e. The number of ketones is 1. The number of aromatic nitrogens is 1. The van der Waals surface area contributed by atoms with Crippen LogP contribution in [0, 0.1) is 11.8 Å². The first kappa shape index (κ1) is 17.7. The fraction of sp³-hybridized carbons (Fsp3) is 0.524. The highest BCUT2D eigenvalue weighted by molar-refractivity contribution is 6.39. The normalized spacial score (nSPS) is 27.3. The minimum Gasteiger partial charge on any atom is -0.373 e. The molecule has 6 heteroatoms. The van der Waals surface area contributed by atoms with Crippen LogP contribution in [0.4, 0.5) is 0 Å². The molecule has 0 saturated heterocycles. The Kier molecular flexibility index (Phi) is 4.53. The van der Waals surface area contributed by atoms with Crippen molar-refractivity contribution in [3.63, 3.8) is 0 Å². The lowest BCUT2D eigenvalue weighted by Crippen LogP contribution is -2.11. The first-order valence-electron chi connectivity index (χ1n) is 9.66. The maximum absolute atomic E-state index is 11.6. The van der Waals surface area contributed by atoms with Gasteiger partial charge in [-0.25, -0.2) is 0 Å². The number of benzene rings is 1. The van der Waals surface area contributed by atoms with Crippen molar-refractivity contribution in [2.24, 2.45) is 11.8 Å². The van der Waals surface area contributed by atoms with Crippen molar-refractivity contribution < 1.29 is 14.1 Å². The molecule has 0 spiro atoms. The summed E-state index contributed by atoms with van der Waals surface area (Å²) in [5, 5.41) is 5.44. The number of carbonyl (C=O) groups is 1. The molecule has 3 saturated carbocycles. The van der Waals surface area contributed by atoms with E-state index in [2.05, 4.69) is 5.16 Å². The second-order valence-electron chi connectivity index (χ2n) is 8.12. The number of Topliss-reactive ketones (excluding diaryl/α,β-unsaturated/α-hetero) is 1. The number of hydrogen-bond donors (Lipinski definition) is 0. The lowest BCUT2D eigenvalue weighted by atomic mass is 10.0. The minimum absolute atomic E-state index is 0.199. The number of hydrogen-bond acceptors (Lipinski definition) is 4. The van der Waals surface area contributed by atoms with Gasteiger partial charge < -0.3 is 9.26 Å². The van der Waals surface area contributed by atoms with Gasteiger partial charge in [0, 0.05) is 29.9 Å². The van der Waals surface area contributed by atoms with E-state index in [0.717, 1.165) is 49.8 Å².